The van der Waals surface area contributed by atoms with Gasteiger partial charge in [0.1, 0.15) is 24.1 Å². The van der Waals surface area contributed by atoms with Crippen LogP contribution in [0.5, 0.6) is 11.5 Å². The van der Waals surface area contributed by atoms with E-state index in [9.17, 15) is 24.3 Å². The average Bonchev–Trinajstić information content (AvgIpc) is 3.47. The van der Waals surface area contributed by atoms with Crippen LogP contribution in [0.4, 0.5) is 0 Å². The first-order chi connectivity index (χ1) is 19.8. The van der Waals surface area contributed by atoms with E-state index in [-0.39, 0.29) is 37.7 Å². The number of carboxylic acid groups (broad SMARTS) is 1. The number of hydrogen-bond donors (Lipinski definition) is 3. The Bertz CT molecular complexity index is 1400. The number of nitrogens with one attached hydrogen (secondary N) is 2. The molecule has 11 heteroatoms. The lowest BCUT2D eigenvalue weighted by Gasteiger charge is -2.41. The quantitative estimate of drug-likeness (QED) is 0.446. The zero-order valence-corrected chi connectivity index (χ0v) is 22.6. The second-order valence-electron chi connectivity index (χ2n) is 10.6. The minimum atomic E-state index is -1.14. The van der Waals surface area contributed by atoms with Crippen molar-refractivity contribution in [1.82, 2.24) is 25.3 Å². The van der Waals surface area contributed by atoms with Crippen LogP contribution < -0.4 is 15.4 Å². The Morgan fingerprint density at radius 1 is 1.02 bits per heavy atom. The third kappa shape index (κ3) is 6.92. The molecule has 3 amide bonds. The Hall–Kier alpha value is -4.67. The maximum absolute atomic E-state index is 13.7. The smallest absolute Gasteiger partial charge is 0.326 e. The third-order valence-electron chi connectivity index (χ3n) is 7.72. The second kappa shape index (κ2) is 12.2. The predicted molar refractivity (Wildman–Crippen MR) is 148 cm³/mol. The van der Waals surface area contributed by atoms with E-state index in [0.29, 0.717) is 43.9 Å². The number of carboxylic acids is 1. The molecule has 1 spiro atoms. The molecule has 0 saturated carbocycles. The van der Waals surface area contributed by atoms with Crippen LogP contribution in [0.3, 0.4) is 0 Å². The Kier molecular flexibility index (Phi) is 8.32. The van der Waals surface area contributed by atoms with Gasteiger partial charge in [-0.05, 0) is 60.7 Å². The highest BCUT2D eigenvalue weighted by atomic mass is 16.5. The molecule has 41 heavy (non-hydrogen) atoms. The van der Waals surface area contributed by atoms with Crippen LogP contribution in [-0.4, -0.2) is 69.2 Å². The molecular weight excluding hydrogens is 526 g/mol. The molecule has 6 rings (SSSR count). The second-order valence-corrected chi connectivity index (χ2v) is 10.6. The van der Waals surface area contributed by atoms with Gasteiger partial charge in [-0.25, -0.2) is 4.79 Å². The Balaban J connectivity index is 1.37. The molecule has 214 valence electrons. The summed E-state index contributed by atoms with van der Waals surface area (Å²) in [7, 11) is 0. The number of carbonyl (C=O) groups excluding carboxylic acids is 3. The van der Waals surface area contributed by atoms with Crippen molar-refractivity contribution in [3.8, 4) is 11.5 Å². The summed E-state index contributed by atoms with van der Waals surface area (Å²) in [6.07, 6.45) is 4.75. The SMILES string of the molecule is O=C1CCNC(=O)C2(CCN(C(=O)Cn3cccn3)CC2)Cc2cccc(c2)Oc2ccc(cc2)C[C@@H](C(=O)O)N1. The zero-order chi connectivity index (χ0) is 28.8. The normalized spacial score (nSPS) is 19.4. The fourth-order valence-corrected chi connectivity index (χ4v) is 5.42. The molecule has 1 fully saturated rings. The number of piperidine rings is 1. The molecule has 0 aliphatic carbocycles. The number of aromatic nitrogens is 2. The van der Waals surface area contributed by atoms with Crippen molar-refractivity contribution >= 4 is 23.7 Å². The van der Waals surface area contributed by atoms with E-state index in [1.54, 1.807) is 52.3 Å². The van der Waals surface area contributed by atoms with Crippen molar-refractivity contribution in [3.05, 3.63) is 78.1 Å². The van der Waals surface area contributed by atoms with Crippen LogP contribution >= 0.6 is 0 Å². The topological polar surface area (TPSA) is 143 Å². The molecule has 4 heterocycles. The van der Waals surface area contributed by atoms with Gasteiger partial charge in [-0.2, -0.15) is 5.10 Å². The fraction of sp³-hybridized carbons (Fsp3) is 0.367. The Morgan fingerprint density at radius 3 is 2.51 bits per heavy atom. The number of likely N-dealkylation sites (tertiary alicyclic amines) is 1. The number of rotatable bonds is 3. The van der Waals surface area contributed by atoms with Gasteiger partial charge in [0.2, 0.25) is 17.7 Å². The van der Waals surface area contributed by atoms with E-state index in [2.05, 4.69) is 15.7 Å². The third-order valence-corrected chi connectivity index (χ3v) is 7.72. The summed E-state index contributed by atoms with van der Waals surface area (Å²) in [6, 6.07) is 15.3. The largest absolute Gasteiger partial charge is 0.480 e. The number of aliphatic carboxylic acids is 1. The predicted octanol–water partition coefficient (Wildman–Crippen LogP) is 2.16. The number of nitrogens with zero attached hydrogens (tertiary/aromatic N) is 3. The Morgan fingerprint density at radius 2 is 1.80 bits per heavy atom. The number of carbonyl (C=O) groups is 4. The average molecular weight is 560 g/mol. The van der Waals surface area contributed by atoms with Crippen molar-refractivity contribution in [2.24, 2.45) is 5.41 Å². The van der Waals surface area contributed by atoms with E-state index in [4.69, 9.17) is 4.74 Å². The molecule has 3 aromatic rings. The van der Waals surface area contributed by atoms with Gasteiger partial charge in [-0.3, -0.25) is 19.1 Å². The molecule has 0 radical (unpaired) electrons. The molecule has 1 atom stereocenters. The van der Waals surface area contributed by atoms with E-state index in [1.807, 2.05) is 24.3 Å². The lowest BCUT2D eigenvalue weighted by molar-refractivity contribution is -0.142. The number of ether oxygens (including phenoxy) is 1. The van der Waals surface area contributed by atoms with Gasteiger partial charge >= 0.3 is 5.97 Å². The Labute approximate surface area is 237 Å². The van der Waals surface area contributed by atoms with Crippen LogP contribution in [0.15, 0.2) is 67.0 Å². The van der Waals surface area contributed by atoms with Crippen LogP contribution in [0.2, 0.25) is 0 Å². The molecule has 4 bridgehead atoms. The minimum Gasteiger partial charge on any atom is -0.480 e. The summed E-state index contributed by atoms with van der Waals surface area (Å²) >= 11 is 0. The van der Waals surface area contributed by atoms with Crippen LogP contribution in [0.1, 0.15) is 30.4 Å². The standard InChI is InChI=1S/C30H33N5O6/c36-26-9-13-31-29(40)30(10-15-34(16-11-30)27(37)20-35-14-2-12-32-35)19-22-3-1-4-24(17-22)41-23-7-5-21(6-8-23)18-25(33-26)28(38)39/h1-8,12,14,17,25H,9-11,13,15-16,18-20H2,(H,31,40)(H,33,36)(H,38,39)/t25-/m0/s1. The summed E-state index contributed by atoms with van der Waals surface area (Å²) in [5.74, 6) is -0.646. The van der Waals surface area contributed by atoms with Gasteiger partial charge < -0.3 is 25.4 Å². The summed E-state index contributed by atoms with van der Waals surface area (Å²) < 4.78 is 7.64. The highest BCUT2D eigenvalue weighted by molar-refractivity contribution is 5.86. The van der Waals surface area contributed by atoms with Crippen molar-refractivity contribution < 1.29 is 29.0 Å². The minimum absolute atomic E-state index is 0.0532. The molecule has 0 unspecified atom stereocenters. The summed E-state index contributed by atoms with van der Waals surface area (Å²) in [6.45, 7) is 1.03. The molecule has 1 aromatic heterocycles. The van der Waals surface area contributed by atoms with E-state index in [1.165, 1.54) is 0 Å². The van der Waals surface area contributed by atoms with E-state index < -0.39 is 23.3 Å². The first-order valence-electron chi connectivity index (χ1n) is 13.7. The number of fused-ring (bicyclic) bond motifs is 9. The first kappa shape index (κ1) is 27.9. The van der Waals surface area contributed by atoms with Crippen LogP contribution in [0, 0.1) is 5.41 Å². The van der Waals surface area contributed by atoms with E-state index in [0.717, 1.165) is 11.1 Å². The van der Waals surface area contributed by atoms with Crippen molar-refractivity contribution in [2.45, 2.75) is 44.7 Å². The monoisotopic (exact) mass is 559 g/mol. The summed E-state index contributed by atoms with van der Waals surface area (Å²) in [5, 5.41) is 19.2. The van der Waals surface area contributed by atoms with Gasteiger partial charge in [0.15, 0.2) is 0 Å². The number of benzene rings is 2. The van der Waals surface area contributed by atoms with Gasteiger partial charge in [0, 0.05) is 44.9 Å². The van der Waals surface area contributed by atoms with Crippen LogP contribution in [-0.2, 0) is 38.6 Å². The summed E-state index contributed by atoms with van der Waals surface area (Å²) in [5.41, 5.74) is 0.868. The fourth-order valence-electron chi connectivity index (χ4n) is 5.42. The number of amides is 3. The van der Waals surface area contributed by atoms with E-state index >= 15 is 0 Å². The van der Waals surface area contributed by atoms with Crippen molar-refractivity contribution in [2.75, 3.05) is 19.6 Å². The van der Waals surface area contributed by atoms with Gasteiger partial charge in [-0.1, -0.05) is 24.3 Å². The van der Waals surface area contributed by atoms with Gasteiger partial charge in [0.05, 0.1) is 5.41 Å². The molecule has 11 nitrogen and oxygen atoms in total. The lowest BCUT2D eigenvalue weighted by atomic mass is 9.73. The highest BCUT2D eigenvalue weighted by Crippen LogP contribution is 2.37. The highest BCUT2D eigenvalue weighted by Gasteiger charge is 2.42. The zero-order valence-electron chi connectivity index (χ0n) is 22.6. The maximum atomic E-state index is 13.7. The van der Waals surface area contributed by atoms with Gasteiger partial charge in [0.25, 0.3) is 0 Å². The van der Waals surface area contributed by atoms with Crippen LogP contribution in [0.25, 0.3) is 0 Å². The number of hydrogen-bond acceptors (Lipinski definition) is 6. The molecule has 2 aromatic carbocycles. The van der Waals surface area contributed by atoms with Gasteiger partial charge in [-0.15, -0.1) is 0 Å². The van der Waals surface area contributed by atoms with Crippen molar-refractivity contribution in [3.63, 3.8) is 0 Å². The lowest BCUT2D eigenvalue weighted by Crippen LogP contribution is -2.52. The first-order valence-corrected chi connectivity index (χ1v) is 13.7. The molecular formula is C30H33N5O6. The summed E-state index contributed by atoms with van der Waals surface area (Å²) in [4.78, 5) is 52.7. The molecule has 3 aliphatic heterocycles. The van der Waals surface area contributed by atoms with Crippen molar-refractivity contribution in [1.29, 1.82) is 0 Å². The molecule has 1 saturated heterocycles. The maximum Gasteiger partial charge on any atom is 0.326 e. The molecule has 3 N–H and O–H groups in total. The molecule has 3 aliphatic rings.